The molecular formula is C25H29F2N9O2. The molecule has 2 aliphatic rings. The summed E-state index contributed by atoms with van der Waals surface area (Å²) in [5.41, 5.74) is 7.81. The van der Waals surface area contributed by atoms with Crippen LogP contribution in [0.5, 0.6) is 5.75 Å². The van der Waals surface area contributed by atoms with Crippen molar-refractivity contribution in [1.29, 1.82) is 0 Å². The smallest absolute Gasteiger partial charge is 0.228 e. The van der Waals surface area contributed by atoms with Crippen LogP contribution in [0.1, 0.15) is 0 Å². The zero-order valence-electron chi connectivity index (χ0n) is 20.7. The zero-order chi connectivity index (χ0) is 26.1. The van der Waals surface area contributed by atoms with Gasteiger partial charge in [-0.05, 0) is 24.3 Å². The number of benzene rings is 1. The Hall–Kier alpha value is -3.97. The van der Waals surface area contributed by atoms with Crippen LogP contribution in [0.15, 0.2) is 47.1 Å². The first kappa shape index (κ1) is 24.4. The molecule has 5 heterocycles. The first-order chi connectivity index (χ1) is 18.5. The number of nitrogen functional groups attached to an aromatic ring is 1. The number of hydrogen-bond acceptors (Lipinski definition) is 10. The largest absolute Gasteiger partial charge is 0.486 e. The number of ether oxygens (including phenoxy) is 1. The number of nitrogens with zero attached hydrogens (tertiary/aromatic N) is 6. The Morgan fingerprint density at radius 1 is 1.13 bits per heavy atom. The molecule has 4 N–H and O–H groups in total. The molecule has 2 aliphatic heterocycles. The van der Waals surface area contributed by atoms with Gasteiger partial charge >= 0.3 is 0 Å². The molecule has 4 aromatic rings. The van der Waals surface area contributed by atoms with Gasteiger partial charge in [0.15, 0.2) is 17.6 Å². The minimum Gasteiger partial charge on any atom is -0.486 e. The lowest BCUT2D eigenvalue weighted by molar-refractivity contribution is 0.139. The van der Waals surface area contributed by atoms with E-state index in [0.717, 1.165) is 19.6 Å². The molecule has 0 saturated carbocycles. The van der Waals surface area contributed by atoms with Gasteiger partial charge in [-0.2, -0.15) is 19.6 Å². The normalized spacial score (nSPS) is 20.3. The van der Waals surface area contributed by atoms with E-state index in [1.807, 2.05) is 11.0 Å². The molecule has 0 amide bonds. The van der Waals surface area contributed by atoms with E-state index in [1.165, 1.54) is 10.6 Å². The zero-order valence-corrected chi connectivity index (χ0v) is 20.7. The highest BCUT2D eigenvalue weighted by Gasteiger charge is 2.29. The van der Waals surface area contributed by atoms with Gasteiger partial charge < -0.3 is 30.4 Å². The molecule has 11 nitrogen and oxygen atoms in total. The van der Waals surface area contributed by atoms with Gasteiger partial charge in [-0.25, -0.2) is 8.78 Å². The van der Waals surface area contributed by atoms with Crippen molar-refractivity contribution >= 4 is 23.2 Å². The van der Waals surface area contributed by atoms with Crippen molar-refractivity contribution in [2.75, 3.05) is 68.3 Å². The molecule has 6 rings (SSSR count). The molecule has 3 aromatic heterocycles. The van der Waals surface area contributed by atoms with Gasteiger partial charge in [-0.15, -0.1) is 0 Å². The van der Waals surface area contributed by atoms with Gasteiger partial charge in [0, 0.05) is 64.5 Å². The number of alkyl halides is 1. The number of hydrogen-bond donors (Lipinski definition) is 3. The van der Waals surface area contributed by atoms with Crippen LogP contribution in [0.3, 0.4) is 0 Å². The third-order valence-electron chi connectivity index (χ3n) is 6.84. The van der Waals surface area contributed by atoms with Crippen LogP contribution < -0.4 is 26.0 Å². The van der Waals surface area contributed by atoms with E-state index in [2.05, 4.69) is 30.6 Å². The summed E-state index contributed by atoms with van der Waals surface area (Å²) in [6.07, 6.45) is -0.0832. The van der Waals surface area contributed by atoms with Gasteiger partial charge in [0.25, 0.3) is 0 Å². The first-order valence-corrected chi connectivity index (χ1v) is 12.6. The number of fused-ring (bicyclic) bond motifs is 1. The predicted molar refractivity (Wildman–Crippen MR) is 139 cm³/mol. The fourth-order valence-electron chi connectivity index (χ4n) is 4.80. The summed E-state index contributed by atoms with van der Waals surface area (Å²) in [7, 11) is 0. The lowest BCUT2D eigenvalue weighted by atomic mass is 10.2. The SMILES string of the molecule is Nc1nc(NCCN2CCN(c3ccc(O[C@@H]4CNC[C@@H]4F)cc3F)CC2)nc2cc(-c3ccco3)nn12. The van der Waals surface area contributed by atoms with Crippen molar-refractivity contribution in [3.8, 4) is 17.2 Å². The molecule has 0 bridgehead atoms. The Labute approximate surface area is 217 Å². The van der Waals surface area contributed by atoms with Crippen molar-refractivity contribution in [2.24, 2.45) is 0 Å². The summed E-state index contributed by atoms with van der Waals surface area (Å²) in [6, 6.07) is 10.2. The van der Waals surface area contributed by atoms with Gasteiger partial charge in [0.1, 0.15) is 23.4 Å². The minimum absolute atomic E-state index is 0.229. The van der Waals surface area contributed by atoms with Crippen LogP contribution in [-0.2, 0) is 0 Å². The topological polar surface area (TPSA) is 122 Å². The lowest BCUT2D eigenvalue weighted by Crippen LogP contribution is -2.48. The van der Waals surface area contributed by atoms with Crippen molar-refractivity contribution in [3.05, 3.63) is 48.5 Å². The Morgan fingerprint density at radius 2 is 2.00 bits per heavy atom. The Balaban J connectivity index is 0.998. The monoisotopic (exact) mass is 525 g/mol. The molecule has 2 saturated heterocycles. The van der Waals surface area contributed by atoms with Gasteiger partial charge in [-0.1, -0.05) is 0 Å². The average molecular weight is 526 g/mol. The predicted octanol–water partition coefficient (Wildman–Crippen LogP) is 2.03. The third-order valence-corrected chi connectivity index (χ3v) is 6.84. The number of rotatable bonds is 8. The van der Waals surface area contributed by atoms with E-state index < -0.39 is 12.3 Å². The molecule has 1 aromatic carbocycles. The Bertz CT molecular complexity index is 1390. The van der Waals surface area contributed by atoms with E-state index in [4.69, 9.17) is 14.9 Å². The molecule has 38 heavy (non-hydrogen) atoms. The van der Waals surface area contributed by atoms with Gasteiger partial charge in [0.05, 0.1) is 12.0 Å². The highest BCUT2D eigenvalue weighted by molar-refractivity contribution is 5.61. The standard InChI is InChI=1S/C25H29F2N9O2/c26-17-12-16(38-22-15-29-14-18(22)27)3-4-20(17)35-9-7-34(8-10-35)6-5-30-25-31-23-13-19(21-2-1-11-37-21)33-36(23)24(28)32-25/h1-4,11-13,18,22,29H,5-10,14-15H2,(H3,28,30,31,32)/t18-,22+/m0/s1. The summed E-state index contributed by atoms with van der Waals surface area (Å²) in [5, 5.41) is 10.6. The quantitative estimate of drug-likeness (QED) is 0.315. The summed E-state index contributed by atoms with van der Waals surface area (Å²) in [4.78, 5) is 13.1. The minimum atomic E-state index is -1.08. The molecule has 2 atom stereocenters. The fourth-order valence-corrected chi connectivity index (χ4v) is 4.80. The Kier molecular flexibility index (Phi) is 6.68. The van der Waals surface area contributed by atoms with E-state index in [1.54, 1.807) is 30.5 Å². The molecule has 0 radical (unpaired) electrons. The Morgan fingerprint density at radius 3 is 2.74 bits per heavy atom. The van der Waals surface area contributed by atoms with Crippen LogP contribution in [0.4, 0.5) is 26.4 Å². The summed E-state index contributed by atoms with van der Waals surface area (Å²) < 4.78 is 41.1. The van der Waals surface area contributed by atoms with E-state index in [0.29, 0.717) is 60.7 Å². The number of furan rings is 1. The summed E-state index contributed by atoms with van der Waals surface area (Å²) in [6.45, 7) is 5.04. The second-order valence-electron chi connectivity index (χ2n) is 9.38. The van der Waals surface area contributed by atoms with Crippen LogP contribution in [0, 0.1) is 5.82 Å². The first-order valence-electron chi connectivity index (χ1n) is 12.6. The molecule has 200 valence electrons. The molecule has 0 spiro atoms. The third kappa shape index (κ3) is 5.07. The number of aromatic nitrogens is 4. The van der Waals surface area contributed by atoms with Crippen LogP contribution in [0.2, 0.25) is 0 Å². The lowest BCUT2D eigenvalue weighted by Gasteiger charge is -2.36. The maximum absolute atomic E-state index is 14.8. The van der Waals surface area contributed by atoms with Crippen LogP contribution in [0.25, 0.3) is 17.1 Å². The molecular weight excluding hydrogens is 496 g/mol. The maximum atomic E-state index is 14.8. The summed E-state index contributed by atoms with van der Waals surface area (Å²) in [5.74, 6) is 1.27. The molecule has 13 heteroatoms. The van der Waals surface area contributed by atoms with E-state index in [9.17, 15) is 8.78 Å². The van der Waals surface area contributed by atoms with Crippen molar-refractivity contribution in [2.45, 2.75) is 12.3 Å². The maximum Gasteiger partial charge on any atom is 0.228 e. The highest BCUT2D eigenvalue weighted by Crippen LogP contribution is 2.27. The van der Waals surface area contributed by atoms with E-state index >= 15 is 0 Å². The number of halogens is 2. The second kappa shape index (κ2) is 10.4. The molecule has 0 unspecified atom stereocenters. The fraction of sp³-hybridized carbons (Fsp3) is 0.400. The molecule has 2 fully saturated rings. The summed E-state index contributed by atoms with van der Waals surface area (Å²) >= 11 is 0. The number of piperazine rings is 1. The number of nitrogens with two attached hydrogens (primary N) is 1. The van der Waals surface area contributed by atoms with Crippen molar-refractivity contribution < 1.29 is 17.9 Å². The molecule has 0 aliphatic carbocycles. The average Bonchev–Trinajstić information content (AvgIpc) is 3.67. The second-order valence-corrected chi connectivity index (χ2v) is 9.38. The van der Waals surface area contributed by atoms with Crippen molar-refractivity contribution in [1.82, 2.24) is 29.8 Å². The van der Waals surface area contributed by atoms with Gasteiger partial charge in [-0.3, -0.25) is 4.90 Å². The highest BCUT2D eigenvalue weighted by atomic mass is 19.1. The van der Waals surface area contributed by atoms with Crippen molar-refractivity contribution in [3.63, 3.8) is 0 Å². The van der Waals surface area contributed by atoms with Crippen LogP contribution >= 0.6 is 0 Å². The number of anilines is 3. The number of nitrogens with one attached hydrogen (secondary N) is 2. The van der Waals surface area contributed by atoms with Crippen LogP contribution in [-0.4, -0.2) is 89.1 Å². The van der Waals surface area contributed by atoms with E-state index in [-0.39, 0.29) is 18.3 Å². The van der Waals surface area contributed by atoms with Gasteiger partial charge in [0.2, 0.25) is 11.9 Å².